The molecule has 9 heteroatoms. The van der Waals surface area contributed by atoms with Crippen molar-refractivity contribution in [3.8, 4) is 5.75 Å². The number of hydrogen-bond acceptors (Lipinski definition) is 4. The fourth-order valence-electron chi connectivity index (χ4n) is 2.02. The van der Waals surface area contributed by atoms with Crippen molar-refractivity contribution in [2.24, 2.45) is 0 Å². The number of carbonyl (C=O) groups is 2. The lowest BCUT2D eigenvalue weighted by atomic mass is 10.2. The molecule has 2 rings (SSSR count). The van der Waals surface area contributed by atoms with Gasteiger partial charge in [0, 0.05) is 5.69 Å². The molecule has 0 spiro atoms. The second-order valence-electron chi connectivity index (χ2n) is 5.35. The van der Waals surface area contributed by atoms with Gasteiger partial charge in [-0.15, -0.1) is 0 Å². The SMILES string of the molecule is CCc1ccc(OCC(=O)NC(=S)NNC(=O)Nc2ccccc2)c(Br)c1. The summed E-state index contributed by atoms with van der Waals surface area (Å²) in [7, 11) is 0. The van der Waals surface area contributed by atoms with Gasteiger partial charge in [0.1, 0.15) is 5.75 Å². The van der Waals surface area contributed by atoms with E-state index >= 15 is 0 Å². The van der Waals surface area contributed by atoms with Crippen LogP contribution in [-0.2, 0) is 11.2 Å². The maximum absolute atomic E-state index is 11.9. The standard InChI is InChI=1S/C18H19BrN4O3S/c1-2-12-8-9-15(14(19)10-12)26-11-16(24)21-18(27)23-22-17(25)20-13-6-4-3-5-7-13/h3-10H,2,11H2,1H3,(H2,20,22,25)(H2,21,23,24,27). The number of para-hydroxylation sites is 1. The fourth-order valence-corrected chi connectivity index (χ4v) is 2.72. The number of aryl methyl sites for hydroxylation is 1. The number of thiocarbonyl (C=S) groups is 1. The third-order valence-electron chi connectivity index (χ3n) is 3.34. The lowest BCUT2D eigenvalue weighted by Crippen LogP contribution is -2.50. The van der Waals surface area contributed by atoms with Crippen molar-refractivity contribution in [3.63, 3.8) is 0 Å². The lowest BCUT2D eigenvalue weighted by molar-refractivity contribution is -0.121. The number of urea groups is 1. The summed E-state index contributed by atoms with van der Waals surface area (Å²) in [6.07, 6.45) is 0.907. The molecule has 0 aliphatic carbocycles. The molecule has 0 saturated carbocycles. The fraction of sp³-hybridized carbons (Fsp3) is 0.167. The van der Waals surface area contributed by atoms with Gasteiger partial charge < -0.3 is 10.1 Å². The Balaban J connectivity index is 1.70. The Morgan fingerprint density at radius 3 is 2.52 bits per heavy atom. The predicted octanol–water partition coefficient (Wildman–Crippen LogP) is 3.12. The van der Waals surface area contributed by atoms with Crippen LogP contribution in [0.4, 0.5) is 10.5 Å². The summed E-state index contributed by atoms with van der Waals surface area (Å²) in [4.78, 5) is 23.6. The molecule has 2 aromatic carbocycles. The van der Waals surface area contributed by atoms with E-state index in [1.807, 2.05) is 18.2 Å². The number of benzene rings is 2. The normalized spacial score (nSPS) is 9.85. The van der Waals surface area contributed by atoms with E-state index in [4.69, 9.17) is 17.0 Å². The van der Waals surface area contributed by atoms with Crippen molar-refractivity contribution in [1.29, 1.82) is 0 Å². The Kier molecular flexibility index (Phi) is 8.02. The van der Waals surface area contributed by atoms with Crippen LogP contribution in [0.25, 0.3) is 0 Å². The van der Waals surface area contributed by atoms with Crippen molar-refractivity contribution in [2.45, 2.75) is 13.3 Å². The first-order valence-electron chi connectivity index (χ1n) is 8.11. The summed E-state index contributed by atoms with van der Waals surface area (Å²) in [6, 6.07) is 14.0. The highest BCUT2D eigenvalue weighted by Gasteiger charge is 2.09. The number of rotatable bonds is 5. The van der Waals surface area contributed by atoms with Crippen molar-refractivity contribution < 1.29 is 14.3 Å². The van der Waals surface area contributed by atoms with Crippen molar-refractivity contribution in [1.82, 2.24) is 16.2 Å². The molecule has 27 heavy (non-hydrogen) atoms. The Morgan fingerprint density at radius 2 is 1.85 bits per heavy atom. The van der Waals surface area contributed by atoms with Crippen molar-refractivity contribution in [2.75, 3.05) is 11.9 Å². The van der Waals surface area contributed by atoms with E-state index in [1.54, 1.807) is 30.3 Å². The topological polar surface area (TPSA) is 91.5 Å². The average molecular weight is 451 g/mol. The number of hydrazine groups is 1. The Labute approximate surface area is 171 Å². The number of amides is 3. The minimum Gasteiger partial charge on any atom is -0.483 e. The molecule has 0 aromatic heterocycles. The number of hydrogen-bond donors (Lipinski definition) is 4. The first-order valence-corrected chi connectivity index (χ1v) is 9.31. The van der Waals surface area contributed by atoms with E-state index in [-0.39, 0.29) is 11.7 Å². The van der Waals surface area contributed by atoms with Gasteiger partial charge in [-0.2, -0.15) is 0 Å². The Morgan fingerprint density at radius 1 is 1.11 bits per heavy atom. The molecular weight excluding hydrogens is 432 g/mol. The zero-order chi connectivity index (χ0) is 19.6. The molecule has 0 radical (unpaired) electrons. The van der Waals surface area contributed by atoms with Crippen molar-refractivity contribution >= 4 is 50.9 Å². The summed E-state index contributed by atoms with van der Waals surface area (Å²) in [6.45, 7) is 1.83. The van der Waals surface area contributed by atoms with E-state index in [1.165, 1.54) is 0 Å². The van der Waals surface area contributed by atoms with Crippen LogP contribution in [0.15, 0.2) is 53.0 Å². The molecule has 2 aromatic rings. The largest absolute Gasteiger partial charge is 0.483 e. The summed E-state index contributed by atoms with van der Waals surface area (Å²) in [5.41, 5.74) is 6.54. The third kappa shape index (κ3) is 7.24. The minimum atomic E-state index is -0.519. The molecule has 142 valence electrons. The van der Waals surface area contributed by atoms with E-state index < -0.39 is 11.9 Å². The zero-order valence-corrected chi connectivity index (χ0v) is 16.9. The number of halogens is 1. The van der Waals surface area contributed by atoms with Gasteiger partial charge in [0.15, 0.2) is 11.7 Å². The van der Waals surface area contributed by atoms with E-state index in [0.29, 0.717) is 11.4 Å². The molecule has 0 unspecified atom stereocenters. The van der Waals surface area contributed by atoms with Gasteiger partial charge in [-0.05, 0) is 64.4 Å². The van der Waals surface area contributed by atoms with Crippen LogP contribution >= 0.6 is 28.1 Å². The van der Waals surface area contributed by atoms with Gasteiger partial charge >= 0.3 is 6.03 Å². The molecule has 4 N–H and O–H groups in total. The number of anilines is 1. The highest BCUT2D eigenvalue weighted by Crippen LogP contribution is 2.26. The summed E-state index contributed by atoms with van der Waals surface area (Å²) in [5, 5.41) is 4.96. The van der Waals surface area contributed by atoms with Gasteiger partial charge in [0.05, 0.1) is 4.47 Å². The molecule has 0 aliphatic heterocycles. The van der Waals surface area contributed by atoms with E-state index in [2.05, 4.69) is 44.3 Å². The first kappa shape index (κ1) is 20.7. The monoisotopic (exact) mass is 450 g/mol. The second-order valence-corrected chi connectivity index (χ2v) is 6.62. The number of ether oxygens (including phenoxy) is 1. The molecule has 0 aliphatic rings. The van der Waals surface area contributed by atoms with Crippen LogP contribution in [0.2, 0.25) is 0 Å². The average Bonchev–Trinajstić information content (AvgIpc) is 2.66. The van der Waals surface area contributed by atoms with E-state index in [0.717, 1.165) is 16.5 Å². The molecular formula is C18H19BrN4O3S. The molecule has 0 bridgehead atoms. The summed E-state index contributed by atoms with van der Waals surface area (Å²) in [5.74, 6) is 0.103. The highest BCUT2D eigenvalue weighted by molar-refractivity contribution is 9.10. The molecule has 0 saturated heterocycles. The quantitative estimate of drug-likeness (QED) is 0.414. The smallest absolute Gasteiger partial charge is 0.337 e. The van der Waals surface area contributed by atoms with Crippen LogP contribution in [0.3, 0.4) is 0 Å². The Bertz CT molecular complexity index is 818. The van der Waals surface area contributed by atoms with Crippen LogP contribution in [0.5, 0.6) is 5.75 Å². The van der Waals surface area contributed by atoms with Crippen LogP contribution < -0.4 is 26.2 Å². The molecule has 0 heterocycles. The van der Waals surface area contributed by atoms with E-state index in [9.17, 15) is 9.59 Å². The summed E-state index contributed by atoms with van der Waals surface area (Å²) < 4.78 is 6.23. The molecule has 0 fully saturated rings. The predicted molar refractivity (Wildman–Crippen MR) is 111 cm³/mol. The zero-order valence-electron chi connectivity index (χ0n) is 14.5. The maximum Gasteiger partial charge on any atom is 0.337 e. The lowest BCUT2D eigenvalue weighted by Gasteiger charge is -2.12. The van der Waals surface area contributed by atoms with Gasteiger partial charge in [-0.25, -0.2) is 10.2 Å². The highest BCUT2D eigenvalue weighted by atomic mass is 79.9. The first-order chi connectivity index (χ1) is 13.0. The molecule has 3 amide bonds. The van der Waals surface area contributed by atoms with Gasteiger partial charge in [-0.1, -0.05) is 31.2 Å². The molecule has 7 nitrogen and oxygen atoms in total. The second kappa shape index (κ2) is 10.5. The van der Waals surface area contributed by atoms with Crippen LogP contribution in [0, 0.1) is 0 Å². The van der Waals surface area contributed by atoms with Gasteiger partial charge in [0.25, 0.3) is 5.91 Å². The maximum atomic E-state index is 11.9. The third-order valence-corrected chi connectivity index (χ3v) is 4.16. The number of nitrogens with one attached hydrogen (secondary N) is 4. The molecule has 0 atom stereocenters. The minimum absolute atomic E-state index is 0.0489. The van der Waals surface area contributed by atoms with Gasteiger partial charge in [-0.3, -0.25) is 15.5 Å². The van der Waals surface area contributed by atoms with Crippen LogP contribution in [0.1, 0.15) is 12.5 Å². The Hall–Kier alpha value is -2.65. The van der Waals surface area contributed by atoms with Crippen LogP contribution in [-0.4, -0.2) is 23.7 Å². The number of carbonyl (C=O) groups excluding carboxylic acids is 2. The van der Waals surface area contributed by atoms with Crippen molar-refractivity contribution in [3.05, 3.63) is 58.6 Å². The van der Waals surface area contributed by atoms with Gasteiger partial charge in [0.2, 0.25) is 0 Å². The summed E-state index contributed by atoms with van der Waals surface area (Å²) >= 11 is 8.36.